The van der Waals surface area contributed by atoms with Gasteiger partial charge in [-0.1, -0.05) is 42.0 Å². The molecule has 1 aromatic heterocycles. The molecule has 26 heavy (non-hydrogen) atoms. The highest BCUT2D eigenvalue weighted by molar-refractivity contribution is 7.21. The highest BCUT2D eigenvalue weighted by atomic mass is 32.1. The Hall–Kier alpha value is -2.98. The molecule has 3 aromatic carbocycles. The van der Waals surface area contributed by atoms with Gasteiger partial charge in [-0.15, -0.1) is 11.3 Å². The summed E-state index contributed by atoms with van der Waals surface area (Å²) in [6.07, 6.45) is 0. The molecule has 0 saturated heterocycles. The first-order chi connectivity index (χ1) is 12.6. The molecular formula is C22H18N2OS. The van der Waals surface area contributed by atoms with Crippen molar-refractivity contribution in [2.45, 2.75) is 13.8 Å². The Morgan fingerprint density at radius 2 is 1.77 bits per heavy atom. The van der Waals surface area contributed by atoms with E-state index in [1.165, 1.54) is 10.3 Å². The number of anilines is 1. The summed E-state index contributed by atoms with van der Waals surface area (Å²) in [6.45, 7) is 4.05. The Labute approximate surface area is 156 Å². The van der Waals surface area contributed by atoms with Crippen LogP contribution in [0.25, 0.3) is 20.8 Å². The van der Waals surface area contributed by atoms with Gasteiger partial charge in [-0.3, -0.25) is 4.79 Å². The molecule has 0 fully saturated rings. The van der Waals surface area contributed by atoms with Crippen LogP contribution in [-0.2, 0) is 0 Å². The van der Waals surface area contributed by atoms with Gasteiger partial charge >= 0.3 is 0 Å². The third-order valence-electron chi connectivity index (χ3n) is 4.27. The predicted octanol–water partition coefficient (Wildman–Crippen LogP) is 5.83. The van der Waals surface area contributed by atoms with Crippen LogP contribution in [0.4, 0.5) is 5.69 Å². The lowest BCUT2D eigenvalue weighted by Gasteiger charge is -2.07. The lowest BCUT2D eigenvalue weighted by Crippen LogP contribution is -2.11. The number of hydrogen-bond donors (Lipinski definition) is 1. The number of nitrogens with zero attached hydrogens (tertiary/aromatic N) is 1. The van der Waals surface area contributed by atoms with Gasteiger partial charge in [0.2, 0.25) is 0 Å². The fourth-order valence-corrected chi connectivity index (χ4v) is 3.97. The lowest BCUT2D eigenvalue weighted by molar-refractivity contribution is 0.102. The number of thiazole rings is 1. The normalized spacial score (nSPS) is 10.8. The van der Waals surface area contributed by atoms with E-state index in [1.54, 1.807) is 11.3 Å². The van der Waals surface area contributed by atoms with Gasteiger partial charge in [0.25, 0.3) is 5.91 Å². The molecule has 0 bridgehead atoms. The minimum atomic E-state index is -0.106. The second-order valence-electron chi connectivity index (χ2n) is 6.35. The SMILES string of the molecule is Cc1cccc(C(=O)Nc2cccc(-c3nc4c(C)cccc4s3)c2)c1. The van der Waals surface area contributed by atoms with E-state index < -0.39 is 0 Å². The maximum Gasteiger partial charge on any atom is 0.255 e. The van der Waals surface area contributed by atoms with Gasteiger partial charge in [0.1, 0.15) is 5.01 Å². The molecule has 0 unspecified atom stereocenters. The first-order valence-electron chi connectivity index (χ1n) is 8.45. The van der Waals surface area contributed by atoms with Crippen molar-refractivity contribution in [2.24, 2.45) is 0 Å². The van der Waals surface area contributed by atoms with Crippen LogP contribution in [0, 0.1) is 13.8 Å². The Bertz CT molecular complexity index is 1110. The van der Waals surface area contributed by atoms with E-state index in [-0.39, 0.29) is 5.91 Å². The maximum absolute atomic E-state index is 12.5. The zero-order chi connectivity index (χ0) is 18.1. The van der Waals surface area contributed by atoms with Crippen molar-refractivity contribution in [2.75, 3.05) is 5.32 Å². The van der Waals surface area contributed by atoms with Crippen LogP contribution >= 0.6 is 11.3 Å². The first kappa shape index (κ1) is 16.5. The molecule has 4 heteroatoms. The van der Waals surface area contributed by atoms with E-state index in [2.05, 4.69) is 30.4 Å². The van der Waals surface area contributed by atoms with Gasteiger partial charge in [-0.2, -0.15) is 0 Å². The summed E-state index contributed by atoms with van der Waals surface area (Å²) in [5.41, 5.74) is 5.72. The molecule has 0 aliphatic carbocycles. The number of amides is 1. The predicted molar refractivity (Wildman–Crippen MR) is 109 cm³/mol. The van der Waals surface area contributed by atoms with Gasteiger partial charge in [0, 0.05) is 16.8 Å². The second-order valence-corrected chi connectivity index (χ2v) is 7.38. The monoisotopic (exact) mass is 358 g/mol. The summed E-state index contributed by atoms with van der Waals surface area (Å²) in [7, 11) is 0. The topological polar surface area (TPSA) is 42.0 Å². The van der Waals surface area contributed by atoms with Crippen molar-refractivity contribution < 1.29 is 4.79 Å². The number of rotatable bonds is 3. The van der Waals surface area contributed by atoms with Crippen LogP contribution in [0.3, 0.4) is 0 Å². The van der Waals surface area contributed by atoms with E-state index >= 15 is 0 Å². The second kappa shape index (κ2) is 6.73. The number of carbonyl (C=O) groups is 1. The molecule has 3 nitrogen and oxygen atoms in total. The van der Waals surface area contributed by atoms with Crippen molar-refractivity contribution in [3.8, 4) is 10.6 Å². The van der Waals surface area contributed by atoms with Gasteiger partial charge in [-0.25, -0.2) is 4.98 Å². The smallest absolute Gasteiger partial charge is 0.255 e. The fourth-order valence-electron chi connectivity index (χ4n) is 2.93. The van der Waals surface area contributed by atoms with E-state index in [0.717, 1.165) is 27.3 Å². The number of aryl methyl sites for hydroxylation is 2. The first-order valence-corrected chi connectivity index (χ1v) is 9.26. The van der Waals surface area contributed by atoms with Crippen molar-refractivity contribution >= 4 is 33.1 Å². The molecular weight excluding hydrogens is 340 g/mol. The number of aromatic nitrogens is 1. The zero-order valence-electron chi connectivity index (χ0n) is 14.6. The van der Waals surface area contributed by atoms with Gasteiger partial charge in [-0.05, 0) is 49.7 Å². The molecule has 0 aliphatic rings. The Morgan fingerprint density at radius 3 is 2.58 bits per heavy atom. The van der Waals surface area contributed by atoms with Crippen molar-refractivity contribution in [1.82, 2.24) is 4.98 Å². The number of para-hydroxylation sites is 1. The van der Waals surface area contributed by atoms with Crippen LogP contribution in [-0.4, -0.2) is 10.9 Å². The van der Waals surface area contributed by atoms with Crippen molar-refractivity contribution in [3.63, 3.8) is 0 Å². The molecule has 0 radical (unpaired) electrons. The molecule has 128 valence electrons. The fraction of sp³-hybridized carbons (Fsp3) is 0.0909. The third-order valence-corrected chi connectivity index (χ3v) is 5.34. The number of benzene rings is 3. The van der Waals surface area contributed by atoms with Crippen molar-refractivity contribution in [1.29, 1.82) is 0 Å². The summed E-state index contributed by atoms with van der Waals surface area (Å²) in [5, 5.41) is 3.94. The van der Waals surface area contributed by atoms with E-state index in [1.807, 2.05) is 55.5 Å². The van der Waals surface area contributed by atoms with E-state index in [4.69, 9.17) is 4.98 Å². The Balaban J connectivity index is 1.64. The van der Waals surface area contributed by atoms with Crippen LogP contribution in [0.5, 0.6) is 0 Å². The van der Waals surface area contributed by atoms with Crippen LogP contribution in [0.15, 0.2) is 66.7 Å². The summed E-state index contributed by atoms with van der Waals surface area (Å²) in [5.74, 6) is -0.106. The summed E-state index contributed by atoms with van der Waals surface area (Å²) < 4.78 is 1.18. The molecule has 1 heterocycles. The highest BCUT2D eigenvalue weighted by Crippen LogP contribution is 2.32. The number of nitrogens with one attached hydrogen (secondary N) is 1. The average molecular weight is 358 g/mol. The van der Waals surface area contributed by atoms with Crippen LogP contribution in [0.1, 0.15) is 21.5 Å². The minimum Gasteiger partial charge on any atom is -0.322 e. The molecule has 0 atom stereocenters. The molecule has 0 spiro atoms. The number of fused-ring (bicyclic) bond motifs is 1. The average Bonchev–Trinajstić information content (AvgIpc) is 3.08. The molecule has 0 saturated carbocycles. The molecule has 0 aliphatic heterocycles. The van der Waals surface area contributed by atoms with Gasteiger partial charge in [0.15, 0.2) is 0 Å². The summed E-state index contributed by atoms with van der Waals surface area (Å²) in [4.78, 5) is 17.3. The standard InChI is InChI=1S/C22H18N2OS/c1-14-6-3-8-16(12-14)21(25)23-18-10-5-9-17(13-18)22-24-20-15(2)7-4-11-19(20)26-22/h3-13H,1-2H3,(H,23,25). The molecule has 1 amide bonds. The zero-order valence-corrected chi connectivity index (χ0v) is 15.4. The van der Waals surface area contributed by atoms with E-state index in [9.17, 15) is 4.79 Å². The van der Waals surface area contributed by atoms with E-state index in [0.29, 0.717) is 5.56 Å². The third kappa shape index (κ3) is 3.24. The number of hydrogen-bond acceptors (Lipinski definition) is 3. The molecule has 1 N–H and O–H groups in total. The van der Waals surface area contributed by atoms with Gasteiger partial charge in [0.05, 0.1) is 10.2 Å². The highest BCUT2D eigenvalue weighted by Gasteiger charge is 2.10. The number of carbonyl (C=O) groups excluding carboxylic acids is 1. The quantitative estimate of drug-likeness (QED) is 0.500. The maximum atomic E-state index is 12.5. The van der Waals surface area contributed by atoms with Crippen LogP contribution in [0.2, 0.25) is 0 Å². The lowest BCUT2D eigenvalue weighted by atomic mass is 10.1. The Kier molecular flexibility index (Phi) is 4.27. The summed E-state index contributed by atoms with van der Waals surface area (Å²) >= 11 is 1.67. The molecule has 4 aromatic rings. The van der Waals surface area contributed by atoms with Crippen molar-refractivity contribution in [3.05, 3.63) is 83.4 Å². The largest absolute Gasteiger partial charge is 0.322 e. The van der Waals surface area contributed by atoms with Crippen LogP contribution < -0.4 is 5.32 Å². The summed E-state index contributed by atoms with van der Waals surface area (Å²) in [6, 6.07) is 21.6. The Morgan fingerprint density at radius 1 is 0.962 bits per heavy atom. The van der Waals surface area contributed by atoms with Gasteiger partial charge < -0.3 is 5.32 Å². The molecule has 4 rings (SSSR count). The minimum absolute atomic E-state index is 0.106.